The van der Waals surface area contributed by atoms with Crippen LogP contribution in [0.4, 0.5) is 0 Å². The molecule has 3 nitrogen and oxygen atoms in total. The zero-order valence-corrected chi connectivity index (χ0v) is 10.3. The Kier molecular flexibility index (Phi) is 5.78. The lowest BCUT2D eigenvalue weighted by Crippen LogP contribution is -2.11. The summed E-state index contributed by atoms with van der Waals surface area (Å²) in [5.41, 5.74) is 6.25. The van der Waals surface area contributed by atoms with E-state index in [2.05, 4.69) is 0 Å². The second-order valence-corrected chi connectivity index (χ2v) is 4.71. The highest BCUT2D eigenvalue weighted by molar-refractivity contribution is 7.99. The molecule has 4 heteroatoms. The van der Waals surface area contributed by atoms with Crippen LogP contribution in [0, 0.1) is 6.92 Å². The summed E-state index contributed by atoms with van der Waals surface area (Å²) in [6.07, 6.45) is 0.440. The molecule has 0 aromatic heterocycles. The van der Waals surface area contributed by atoms with Gasteiger partial charge in [-0.2, -0.15) is 11.8 Å². The molecule has 1 aromatic rings. The third kappa shape index (κ3) is 5.66. The number of carbonyl (C=O) groups excluding carboxylic acids is 1. The van der Waals surface area contributed by atoms with Crippen LogP contribution in [0.5, 0.6) is 5.75 Å². The van der Waals surface area contributed by atoms with E-state index in [9.17, 15) is 4.79 Å². The maximum absolute atomic E-state index is 10.5. The van der Waals surface area contributed by atoms with Crippen LogP contribution in [0.15, 0.2) is 24.3 Å². The number of rotatable bonds is 7. The Hall–Kier alpha value is -1.16. The molecule has 0 unspecified atom stereocenters. The number of aryl methyl sites for hydroxylation is 1. The van der Waals surface area contributed by atoms with E-state index >= 15 is 0 Å². The minimum Gasteiger partial charge on any atom is -0.493 e. The van der Waals surface area contributed by atoms with Gasteiger partial charge >= 0.3 is 0 Å². The molecule has 2 N–H and O–H groups in total. The summed E-state index contributed by atoms with van der Waals surface area (Å²) >= 11 is 1.68. The van der Waals surface area contributed by atoms with Gasteiger partial charge in [0, 0.05) is 17.9 Å². The van der Waals surface area contributed by atoms with Crippen molar-refractivity contribution in [2.24, 2.45) is 5.73 Å². The molecule has 16 heavy (non-hydrogen) atoms. The van der Waals surface area contributed by atoms with Crippen LogP contribution in [-0.2, 0) is 4.79 Å². The van der Waals surface area contributed by atoms with E-state index in [0.29, 0.717) is 13.0 Å². The van der Waals surface area contributed by atoms with Crippen molar-refractivity contribution in [3.8, 4) is 5.75 Å². The Balaban J connectivity index is 2.07. The molecule has 0 aliphatic carbocycles. The lowest BCUT2D eigenvalue weighted by molar-refractivity contribution is -0.117. The summed E-state index contributed by atoms with van der Waals surface area (Å²) in [4.78, 5) is 10.5. The van der Waals surface area contributed by atoms with E-state index in [0.717, 1.165) is 17.3 Å². The first-order chi connectivity index (χ1) is 7.68. The van der Waals surface area contributed by atoms with E-state index in [1.807, 2.05) is 31.2 Å². The molecular weight excluding hydrogens is 222 g/mol. The van der Waals surface area contributed by atoms with Gasteiger partial charge in [0.1, 0.15) is 5.75 Å². The Morgan fingerprint density at radius 2 is 2.00 bits per heavy atom. The molecule has 1 rings (SSSR count). The summed E-state index contributed by atoms with van der Waals surface area (Å²) in [7, 11) is 0. The summed E-state index contributed by atoms with van der Waals surface area (Å²) in [5, 5.41) is 0. The van der Waals surface area contributed by atoms with Crippen LogP contribution >= 0.6 is 11.8 Å². The number of primary amides is 1. The lowest BCUT2D eigenvalue weighted by atomic mass is 10.2. The Morgan fingerprint density at radius 1 is 1.31 bits per heavy atom. The van der Waals surface area contributed by atoms with Crippen LogP contribution in [0.25, 0.3) is 0 Å². The van der Waals surface area contributed by atoms with Crippen LogP contribution in [-0.4, -0.2) is 24.0 Å². The molecule has 0 radical (unpaired) electrons. The van der Waals surface area contributed by atoms with Gasteiger partial charge in [-0.3, -0.25) is 4.79 Å². The molecule has 0 aliphatic rings. The van der Waals surface area contributed by atoms with Gasteiger partial charge in [0.2, 0.25) is 5.91 Å². The highest BCUT2D eigenvalue weighted by Crippen LogP contribution is 2.12. The van der Waals surface area contributed by atoms with Gasteiger partial charge < -0.3 is 10.5 Å². The van der Waals surface area contributed by atoms with Crippen molar-refractivity contribution in [2.75, 3.05) is 18.1 Å². The number of benzene rings is 1. The van der Waals surface area contributed by atoms with Crippen molar-refractivity contribution in [2.45, 2.75) is 13.3 Å². The maximum Gasteiger partial charge on any atom is 0.218 e. The van der Waals surface area contributed by atoms with Crippen molar-refractivity contribution in [3.05, 3.63) is 29.8 Å². The van der Waals surface area contributed by atoms with Gasteiger partial charge in [0.05, 0.1) is 6.61 Å². The summed E-state index contributed by atoms with van der Waals surface area (Å²) in [5.74, 6) is 2.29. The maximum atomic E-state index is 10.5. The summed E-state index contributed by atoms with van der Waals surface area (Å²) in [6, 6.07) is 7.97. The molecule has 0 saturated heterocycles. The summed E-state index contributed by atoms with van der Waals surface area (Å²) < 4.78 is 5.53. The van der Waals surface area contributed by atoms with E-state index < -0.39 is 0 Å². The molecule has 0 aliphatic heterocycles. The van der Waals surface area contributed by atoms with Gasteiger partial charge in [-0.15, -0.1) is 0 Å². The van der Waals surface area contributed by atoms with E-state index in [1.165, 1.54) is 5.56 Å². The zero-order chi connectivity index (χ0) is 11.8. The quantitative estimate of drug-likeness (QED) is 0.740. The number of hydrogen-bond acceptors (Lipinski definition) is 3. The molecule has 0 heterocycles. The minimum atomic E-state index is -0.244. The smallest absolute Gasteiger partial charge is 0.218 e. The predicted octanol–water partition coefficient (Wildman–Crippen LogP) is 1.98. The fourth-order valence-corrected chi connectivity index (χ4v) is 1.88. The topological polar surface area (TPSA) is 52.3 Å². The fraction of sp³-hybridized carbons (Fsp3) is 0.417. The van der Waals surface area contributed by atoms with Crippen LogP contribution in [0.1, 0.15) is 12.0 Å². The van der Waals surface area contributed by atoms with Crippen LogP contribution < -0.4 is 10.5 Å². The van der Waals surface area contributed by atoms with Crippen molar-refractivity contribution < 1.29 is 9.53 Å². The average molecular weight is 239 g/mol. The number of hydrogen-bond donors (Lipinski definition) is 1. The number of nitrogens with two attached hydrogens (primary N) is 1. The number of ether oxygens (including phenoxy) is 1. The highest BCUT2D eigenvalue weighted by Gasteiger charge is 1.96. The third-order valence-corrected chi connectivity index (χ3v) is 2.96. The third-order valence-electron chi connectivity index (χ3n) is 2.01. The zero-order valence-electron chi connectivity index (χ0n) is 9.44. The van der Waals surface area contributed by atoms with E-state index in [4.69, 9.17) is 10.5 Å². The van der Waals surface area contributed by atoms with Gasteiger partial charge in [-0.05, 0) is 19.1 Å². The fourth-order valence-electron chi connectivity index (χ4n) is 1.13. The molecule has 0 bridgehead atoms. The van der Waals surface area contributed by atoms with Gasteiger partial charge in [-0.25, -0.2) is 0 Å². The molecule has 0 saturated carbocycles. The van der Waals surface area contributed by atoms with Gasteiger partial charge in [-0.1, -0.05) is 17.7 Å². The van der Waals surface area contributed by atoms with Gasteiger partial charge in [0.25, 0.3) is 0 Å². The van der Waals surface area contributed by atoms with E-state index in [1.54, 1.807) is 11.8 Å². The van der Waals surface area contributed by atoms with Crippen LogP contribution in [0.3, 0.4) is 0 Å². The van der Waals surface area contributed by atoms with Crippen molar-refractivity contribution in [1.29, 1.82) is 0 Å². The average Bonchev–Trinajstić information content (AvgIpc) is 2.25. The SMILES string of the molecule is Cc1ccc(OCCSCCC(N)=O)cc1. The Morgan fingerprint density at radius 3 is 2.62 bits per heavy atom. The largest absolute Gasteiger partial charge is 0.493 e. The molecule has 88 valence electrons. The van der Waals surface area contributed by atoms with Crippen molar-refractivity contribution in [1.82, 2.24) is 0 Å². The predicted molar refractivity (Wildman–Crippen MR) is 67.8 cm³/mol. The van der Waals surface area contributed by atoms with Crippen molar-refractivity contribution >= 4 is 17.7 Å². The monoisotopic (exact) mass is 239 g/mol. The standard InChI is InChI=1S/C12H17NO2S/c1-10-2-4-11(5-3-10)15-7-9-16-8-6-12(13)14/h2-5H,6-9H2,1H3,(H2,13,14). The lowest BCUT2D eigenvalue weighted by Gasteiger charge is -2.05. The molecule has 0 atom stereocenters. The normalized spacial score (nSPS) is 10.1. The van der Waals surface area contributed by atoms with E-state index in [-0.39, 0.29) is 5.91 Å². The second kappa shape index (κ2) is 7.17. The molecule has 1 amide bonds. The first kappa shape index (κ1) is 12.9. The second-order valence-electron chi connectivity index (χ2n) is 3.49. The minimum absolute atomic E-state index is 0.244. The van der Waals surface area contributed by atoms with Crippen molar-refractivity contribution in [3.63, 3.8) is 0 Å². The van der Waals surface area contributed by atoms with Crippen LogP contribution in [0.2, 0.25) is 0 Å². The molecular formula is C12H17NO2S. The first-order valence-corrected chi connectivity index (χ1v) is 6.39. The van der Waals surface area contributed by atoms with Gasteiger partial charge in [0.15, 0.2) is 0 Å². The number of thioether (sulfide) groups is 1. The molecule has 1 aromatic carbocycles. The number of amides is 1. The number of carbonyl (C=O) groups is 1. The Bertz CT molecular complexity index is 324. The molecule has 0 fully saturated rings. The highest BCUT2D eigenvalue weighted by atomic mass is 32.2. The molecule has 0 spiro atoms. The Labute approximate surface area is 100 Å². The first-order valence-electron chi connectivity index (χ1n) is 5.24. The summed E-state index contributed by atoms with van der Waals surface area (Å²) in [6.45, 7) is 2.70.